The molecule has 0 unspecified atom stereocenters. The molecule has 3 rings (SSSR count). The average Bonchev–Trinajstić information content (AvgIpc) is 2.63. The van der Waals surface area contributed by atoms with Crippen molar-refractivity contribution in [1.29, 1.82) is 0 Å². The smallest absolute Gasteiger partial charge is 0.121 e. The zero-order valence-corrected chi connectivity index (χ0v) is 15.9. The molecule has 1 aliphatic carbocycles. The largest absolute Gasteiger partial charge is 0.496 e. The van der Waals surface area contributed by atoms with Crippen LogP contribution in [0.3, 0.4) is 0 Å². The van der Waals surface area contributed by atoms with Gasteiger partial charge in [-0.2, -0.15) is 0 Å². The Morgan fingerprint density at radius 3 is 2.64 bits per heavy atom. The van der Waals surface area contributed by atoms with Gasteiger partial charge in [0.05, 0.1) is 7.11 Å². The van der Waals surface area contributed by atoms with E-state index >= 15 is 0 Å². The van der Waals surface area contributed by atoms with E-state index in [2.05, 4.69) is 34.9 Å². The second-order valence-electron chi connectivity index (χ2n) is 7.73. The molecule has 2 fully saturated rings. The molecule has 1 saturated carbocycles. The summed E-state index contributed by atoms with van der Waals surface area (Å²) in [7, 11) is 1.73. The highest BCUT2D eigenvalue weighted by atomic mass is 16.5. The van der Waals surface area contributed by atoms with Crippen molar-refractivity contribution in [1.82, 2.24) is 9.80 Å². The quantitative estimate of drug-likeness (QED) is 0.858. The van der Waals surface area contributed by atoms with Gasteiger partial charge in [-0.25, -0.2) is 0 Å². The Morgan fingerprint density at radius 2 is 1.96 bits per heavy atom. The van der Waals surface area contributed by atoms with Gasteiger partial charge in [0.25, 0.3) is 0 Å². The van der Waals surface area contributed by atoms with Crippen molar-refractivity contribution >= 4 is 0 Å². The Labute approximate surface area is 152 Å². The van der Waals surface area contributed by atoms with E-state index in [9.17, 15) is 5.11 Å². The maximum atomic E-state index is 9.55. The Balaban J connectivity index is 1.62. The van der Waals surface area contributed by atoms with E-state index in [1.54, 1.807) is 7.11 Å². The SMILES string of the molecule is COc1ccc(CN2CCN(C3CCCCC3)[C@@H](CCO)C2)cc1C. The second kappa shape index (κ2) is 9.02. The van der Waals surface area contributed by atoms with Gasteiger partial charge in [0.1, 0.15) is 5.75 Å². The van der Waals surface area contributed by atoms with Crippen molar-refractivity contribution in [3.8, 4) is 5.75 Å². The minimum atomic E-state index is 0.295. The minimum absolute atomic E-state index is 0.295. The standard InChI is InChI=1S/C21H34N2O2/c1-17-14-18(8-9-21(17)25-2)15-22-11-12-23(20(16-22)10-13-24)19-6-4-3-5-7-19/h8-9,14,19-20,24H,3-7,10-13,15-16H2,1-2H3/t20-/m0/s1. The van der Waals surface area contributed by atoms with Gasteiger partial charge in [0, 0.05) is 44.9 Å². The number of ether oxygens (including phenoxy) is 1. The van der Waals surface area contributed by atoms with Crippen LogP contribution in [0.15, 0.2) is 18.2 Å². The summed E-state index contributed by atoms with van der Waals surface area (Å²) in [4.78, 5) is 5.27. The average molecular weight is 347 g/mol. The number of aliphatic hydroxyl groups excluding tert-OH is 1. The molecular formula is C21H34N2O2. The summed E-state index contributed by atoms with van der Waals surface area (Å²) < 4.78 is 5.37. The van der Waals surface area contributed by atoms with Crippen molar-refractivity contribution in [2.24, 2.45) is 0 Å². The third-order valence-corrected chi connectivity index (χ3v) is 5.98. The zero-order valence-electron chi connectivity index (χ0n) is 15.9. The summed E-state index contributed by atoms with van der Waals surface area (Å²) in [5, 5.41) is 9.55. The number of benzene rings is 1. The van der Waals surface area contributed by atoms with Crippen LogP contribution < -0.4 is 4.74 Å². The molecule has 0 aromatic heterocycles. The minimum Gasteiger partial charge on any atom is -0.496 e. The molecule has 0 spiro atoms. The Kier molecular flexibility index (Phi) is 6.74. The van der Waals surface area contributed by atoms with Gasteiger partial charge in [-0.3, -0.25) is 9.80 Å². The third kappa shape index (κ3) is 4.75. The molecule has 4 nitrogen and oxygen atoms in total. The Bertz CT molecular complexity index is 543. The van der Waals surface area contributed by atoms with E-state index < -0.39 is 0 Å². The molecule has 0 radical (unpaired) electrons. The van der Waals surface area contributed by atoms with Gasteiger partial charge in [-0.15, -0.1) is 0 Å². The first-order valence-corrected chi connectivity index (χ1v) is 9.93. The van der Waals surface area contributed by atoms with Crippen LogP contribution in [0.4, 0.5) is 0 Å². The number of rotatable bonds is 6. The summed E-state index contributed by atoms with van der Waals surface area (Å²) in [6.07, 6.45) is 7.75. The normalized spacial score (nSPS) is 23.7. The number of methoxy groups -OCH3 is 1. The topological polar surface area (TPSA) is 35.9 Å². The number of aryl methyl sites for hydroxylation is 1. The molecule has 1 saturated heterocycles. The number of aliphatic hydroxyl groups is 1. The van der Waals surface area contributed by atoms with Crippen LogP contribution in [0, 0.1) is 6.92 Å². The van der Waals surface area contributed by atoms with Crippen LogP contribution in [0.1, 0.15) is 49.7 Å². The van der Waals surface area contributed by atoms with Crippen molar-refractivity contribution in [2.45, 2.75) is 64.1 Å². The maximum Gasteiger partial charge on any atom is 0.121 e. The summed E-state index contributed by atoms with van der Waals surface area (Å²) >= 11 is 0. The molecular weight excluding hydrogens is 312 g/mol. The van der Waals surface area contributed by atoms with Gasteiger partial charge < -0.3 is 9.84 Å². The summed E-state index contributed by atoms with van der Waals surface area (Å²) in [6.45, 7) is 6.74. The van der Waals surface area contributed by atoms with Crippen molar-refractivity contribution < 1.29 is 9.84 Å². The van der Waals surface area contributed by atoms with Gasteiger partial charge in [-0.05, 0) is 43.4 Å². The van der Waals surface area contributed by atoms with Crippen LogP contribution in [0.5, 0.6) is 5.75 Å². The van der Waals surface area contributed by atoms with Crippen molar-refractivity contribution in [3.05, 3.63) is 29.3 Å². The van der Waals surface area contributed by atoms with E-state index in [0.29, 0.717) is 12.6 Å². The first-order chi connectivity index (χ1) is 12.2. The second-order valence-corrected chi connectivity index (χ2v) is 7.73. The highest BCUT2D eigenvalue weighted by Gasteiger charge is 2.32. The third-order valence-electron chi connectivity index (χ3n) is 5.98. The molecule has 1 aliphatic heterocycles. The zero-order chi connectivity index (χ0) is 17.6. The fourth-order valence-corrected chi connectivity index (χ4v) is 4.67. The highest BCUT2D eigenvalue weighted by molar-refractivity contribution is 5.36. The van der Waals surface area contributed by atoms with Gasteiger partial charge in [0.2, 0.25) is 0 Å². The number of hydrogen-bond acceptors (Lipinski definition) is 4. The lowest BCUT2D eigenvalue weighted by Crippen LogP contribution is -2.56. The van der Waals surface area contributed by atoms with Crippen LogP contribution in [0.2, 0.25) is 0 Å². The van der Waals surface area contributed by atoms with Gasteiger partial charge >= 0.3 is 0 Å². The van der Waals surface area contributed by atoms with E-state index in [1.807, 2.05) is 0 Å². The summed E-state index contributed by atoms with van der Waals surface area (Å²) in [5.41, 5.74) is 2.56. The predicted molar refractivity (Wildman–Crippen MR) is 102 cm³/mol. The lowest BCUT2D eigenvalue weighted by molar-refractivity contribution is 0.0137. The monoisotopic (exact) mass is 346 g/mol. The molecule has 0 amide bonds. The predicted octanol–water partition coefficient (Wildman–Crippen LogP) is 3.20. The summed E-state index contributed by atoms with van der Waals surface area (Å²) in [5.74, 6) is 0.962. The molecule has 4 heteroatoms. The molecule has 1 aromatic rings. The van der Waals surface area contributed by atoms with E-state index in [1.165, 1.54) is 43.2 Å². The number of hydrogen-bond donors (Lipinski definition) is 1. The molecule has 140 valence electrons. The van der Waals surface area contributed by atoms with Crippen molar-refractivity contribution in [3.63, 3.8) is 0 Å². The van der Waals surface area contributed by atoms with Crippen LogP contribution >= 0.6 is 0 Å². The van der Waals surface area contributed by atoms with Gasteiger partial charge in [-0.1, -0.05) is 31.4 Å². The lowest BCUT2D eigenvalue weighted by Gasteiger charge is -2.46. The van der Waals surface area contributed by atoms with E-state index in [-0.39, 0.29) is 0 Å². The lowest BCUT2D eigenvalue weighted by atomic mass is 9.91. The first-order valence-electron chi connectivity index (χ1n) is 9.93. The van der Waals surface area contributed by atoms with E-state index in [4.69, 9.17) is 4.74 Å². The molecule has 1 atom stereocenters. The molecule has 0 bridgehead atoms. The molecule has 1 aromatic carbocycles. The van der Waals surface area contributed by atoms with Crippen LogP contribution in [0.25, 0.3) is 0 Å². The Morgan fingerprint density at radius 1 is 1.16 bits per heavy atom. The number of nitrogens with zero attached hydrogens (tertiary/aromatic N) is 2. The first kappa shape index (κ1) is 18.7. The molecule has 25 heavy (non-hydrogen) atoms. The summed E-state index contributed by atoms with van der Waals surface area (Å²) in [6, 6.07) is 7.75. The number of piperazine rings is 1. The van der Waals surface area contributed by atoms with Gasteiger partial charge in [0.15, 0.2) is 0 Å². The fraction of sp³-hybridized carbons (Fsp3) is 0.714. The van der Waals surface area contributed by atoms with E-state index in [0.717, 1.165) is 44.4 Å². The van der Waals surface area contributed by atoms with Crippen LogP contribution in [-0.4, -0.2) is 60.3 Å². The Hall–Kier alpha value is -1.10. The van der Waals surface area contributed by atoms with Crippen LogP contribution in [-0.2, 0) is 6.54 Å². The van der Waals surface area contributed by atoms with Crippen molar-refractivity contribution in [2.75, 3.05) is 33.4 Å². The molecule has 2 aliphatic rings. The molecule has 1 heterocycles. The maximum absolute atomic E-state index is 9.55. The molecule has 1 N–H and O–H groups in total. The highest BCUT2D eigenvalue weighted by Crippen LogP contribution is 2.28. The fourth-order valence-electron chi connectivity index (χ4n) is 4.67.